The van der Waals surface area contributed by atoms with Crippen molar-refractivity contribution in [1.29, 1.82) is 0 Å². The highest BCUT2D eigenvalue weighted by Gasteiger charge is 2.32. The van der Waals surface area contributed by atoms with Crippen LogP contribution in [0.1, 0.15) is 18.5 Å². The van der Waals surface area contributed by atoms with Gasteiger partial charge in [-0.25, -0.2) is 0 Å². The summed E-state index contributed by atoms with van der Waals surface area (Å²) >= 11 is 13.7. The van der Waals surface area contributed by atoms with Crippen LogP contribution in [0.3, 0.4) is 0 Å². The Morgan fingerprint density at radius 1 is 1.30 bits per heavy atom. The molecule has 0 saturated heterocycles. The van der Waals surface area contributed by atoms with Gasteiger partial charge in [-0.2, -0.15) is 0 Å². The van der Waals surface area contributed by atoms with Gasteiger partial charge in [-0.1, -0.05) is 23.7 Å². The summed E-state index contributed by atoms with van der Waals surface area (Å²) < 4.78 is 6.53. The molecule has 1 atom stereocenters. The summed E-state index contributed by atoms with van der Waals surface area (Å²) in [6, 6.07) is 12.5. The Morgan fingerprint density at radius 2 is 2.04 bits per heavy atom. The van der Waals surface area contributed by atoms with Crippen LogP contribution in [0.5, 0.6) is 5.75 Å². The van der Waals surface area contributed by atoms with E-state index >= 15 is 0 Å². The molecule has 1 heterocycles. The number of thiocarbonyl (C=S) groups is 1. The fourth-order valence-electron chi connectivity index (χ4n) is 2.91. The van der Waals surface area contributed by atoms with Crippen molar-refractivity contribution in [1.82, 2.24) is 10.6 Å². The Bertz CT molecular complexity index is 948. The number of hydrogen-bond donors (Lipinski definition) is 3. The lowest BCUT2D eigenvalue weighted by molar-refractivity contribution is -0.113. The zero-order valence-corrected chi connectivity index (χ0v) is 18.3. The number of carbonyl (C=O) groups excluding carboxylic acids is 1. The number of rotatable bonds is 4. The Kier molecular flexibility index (Phi) is 6.23. The molecule has 1 unspecified atom stereocenters. The molecule has 3 rings (SSSR count). The van der Waals surface area contributed by atoms with Crippen molar-refractivity contribution in [3.8, 4) is 5.75 Å². The van der Waals surface area contributed by atoms with E-state index in [1.807, 2.05) is 37.3 Å². The second-order valence-electron chi connectivity index (χ2n) is 5.89. The van der Waals surface area contributed by atoms with E-state index in [0.29, 0.717) is 32.8 Å². The van der Waals surface area contributed by atoms with Crippen LogP contribution < -0.4 is 20.7 Å². The molecule has 27 heavy (non-hydrogen) atoms. The summed E-state index contributed by atoms with van der Waals surface area (Å²) in [6.45, 7) is 1.82. The molecule has 0 aromatic heterocycles. The number of anilines is 1. The minimum atomic E-state index is -0.453. The number of ether oxygens (including phenoxy) is 1. The first-order chi connectivity index (χ1) is 12.9. The van der Waals surface area contributed by atoms with Crippen LogP contribution in [0.2, 0.25) is 5.02 Å². The molecule has 0 aliphatic carbocycles. The third-order valence-electron chi connectivity index (χ3n) is 4.14. The van der Waals surface area contributed by atoms with Gasteiger partial charge in [0, 0.05) is 14.8 Å². The van der Waals surface area contributed by atoms with Gasteiger partial charge in [0.2, 0.25) is 0 Å². The van der Waals surface area contributed by atoms with Crippen molar-refractivity contribution in [3.63, 3.8) is 0 Å². The molecule has 2 aromatic carbocycles. The summed E-state index contributed by atoms with van der Waals surface area (Å²) in [6.07, 6.45) is 0. The van der Waals surface area contributed by atoms with Crippen molar-refractivity contribution in [2.24, 2.45) is 0 Å². The van der Waals surface area contributed by atoms with Crippen LogP contribution in [0.25, 0.3) is 0 Å². The largest absolute Gasteiger partial charge is 0.496 e. The normalized spacial score (nSPS) is 16.4. The molecule has 0 saturated carbocycles. The second-order valence-corrected chi connectivity index (χ2v) is 7.95. The molecule has 140 valence electrons. The van der Waals surface area contributed by atoms with Gasteiger partial charge in [0.15, 0.2) is 5.11 Å². The zero-order chi connectivity index (χ0) is 19.6. The number of carbonyl (C=O) groups is 1. The molecule has 1 aliphatic rings. The van der Waals surface area contributed by atoms with Crippen LogP contribution in [0.15, 0.2) is 53.7 Å². The Morgan fingerprint density at radius 3 is 2.74 bits per heavy atom. The summed E-state index contributed by atoms with van der Waals surface area (Å²) in [5.41, 5.74) is 2.57. The SMILES string of the molecule is COc1ccc(I)cc1C1NC(=S)NC(C)=C1C(=O)Nc1ccccc1Cl. The molecule has 0 bridgehead atoms. The Hall–Kier alpha value is -1.84. The van der Waals surface area contributed by atoms with Crippen LogP contribution >= 0.6 is 46.4 Å². The molecular formula is C19H17ClIN3O2S. The number of allylic oxidation sites excluding steroid dienone is 1. The Labute approximate surface area is 181 Å². The van der Waals surface area contributed by atoms with E-state index < -0.39 is 6.04 Å². The van der Waals surface area contributed by atoms with Gasteiger partial charge in [0.1, 0.15) is 5.75 Å². The van der Waals surface area contributed by atoms with E-state index in [2.05, 4.69) is 38.5 Å². The van der Waals surface area contributed by atoms with Gasteiger partial charge < -0.3 is 20.7 Å². The number of methoxy groups -OCH3 is 1. The first-order valence-electron chi connectivity index (χ1n) is 8.08. The van der Waals surface area contributed by atoms with Gasteiger partial charge in [-0.15, -0.1) is 0 Å². The summed E-state index contributed by atoms with van der Waals surface area (Å²) in [4.78, 5) is 13.1. The number of nitrogens with one attached hydrogen (secondary N) is 3. The van der Waals surface area contributed by atoms with Crippen molar-refractivity contribution in [3.05, 3.63) is 67.9 Å². The van der Waals surface area contributed by atoms with Gasteiger partial charge >= 0.3 is 0 Å². The highest BCUT2D eigenvalue weighted by atomic mass is 127. The number of halogens is 2. The fourth-order valence-corrected chi connectivity index (χ4v) is 3.88. The average Bonchev–Trinajstić information content (AvgIpc) is 2.62. The average molecular weight is 514 g/mol. The summed E-state index contributed by atoms with van der Waals surface area (Å²) in [5, 5.41) is 10.0. The predicted molar refractivity (Wildman–Crippen MR) is 120 cm³/mol. The monoisotopic (exact) mass is 513 g/mol. The highest BCUT2D eigenvalue weighted by Crippen LogP contribution is 2.35. The quantitative estimate of drug-likeness (QED) is 0.418. The maximum Gasteiger partial charge on any atom is 0.255 e. The van der Waals surface area contributed by atoms with E-state index in [1.54, 1.807) is 19.2 Å². The van der Waals surface area contributed by atoms with Crippen molar-refractivity contribution >= 4 is 63.1 Å². The van der Waals surface area contributed by atoms with Crippen molar-refractivity contribution in [2.75, 3.05) is 12.4 Å². The first-order valence-corrected chi connectivity index (χ1v) is 9.94. The number of para-hydroxylation sites is 1. The second kappa shape index (κ2) is 8.45. The molecule has 1 aliphatic heterocycles. The van der Waals surface area contributed by atoms with Gasteiger partial charge in [0.05, 0.1) is 29.4 Å². The maximum absolute atomic E-state index is 13.1. The Balaban J connectivity index is 2.04. The molecule has 0 spiro atoms. The lowest BCUT2D eigenvalue weighted by Crippen LogP contribution is -2.45. The summed E-state index contributed by atoms with van der Waals surface area (Å²) in [7, 11) is 1.60. The molecule has 2 aromatic rings. The molecular weight excluding hydrogens is 497 g/mol. The first kappa shape index (κ1) is 19.9. The highest BCUT2D eigenvalue weighted by molar-refractivity contribution is 14.1. The van der Waals surface area contributed by atoms with Crippen LogP contribution in [0.4, 0.5) is 5.69 Å². The van der Waals surface area contributed by atoms with Crippen LogP contribution in [-0.4, -0.2) is 18.1 Å². The molecule has 0 fully saturated rings. The van der Waals surface area contributed by atoms with E-state index in [1.165, 1.54) is 0 Å². The van der Waals surface area contributed by atoms with Crippen molar-refractivity contribution in [2.45, 2.75) is 13.0 Å². The molecule has 5 nitrogen and oxygen atoms in total. The topological polar surface area (TPSA) is 62.4 Å². The van der Waals surface area contributed by atoms with E-state index in [-0.39, 0.29) is 5.91 Å². The number of hydrogen-bond acceptors (Lipinski definition) is 3. The van der Waals surface area contributed by atoms with Crippen LogP contribution in [0, 0.1) is 3.57 Å². The lowest BCUT2D eigenvalue weighted by atomic mass is 9.94. The van der Waals surface area contributed by atoms with Gasteiger partial charge in [-0.05, 0) is 72.1 Å². The van der Waals surface area contributed by atoms with E-state index in [4.69, 9.17) is 28.6 Å². The van der Waals surface area contributed by atoms with Gasteiger partial charge in [0.25, 0.3) is 5.91 Å². The van der Waals surface area contributed by atoms with E-state index in [0.717, 1.165) is 9.13 Å². The minimum Gasteiger partial charge on any atom is -0.496 e. The minimum absolute atomic E-state index is 0.269. The molecule has 0 radical (unpaired) electrons. The van der Waals surface area contributed by atoms with Gasteiger partial charge in [-0.3, -0.25) is 4.79 Å². The molecule has 8 heteroatoms. The summed E-state index contributed by atoms with van der Waals surface area (Å²) in [5.74, 6) is 0.405. The number of amides is 1. The standard InChI is InChI=1S/C19H17ClIN3O2S/c1-10-16(18(25)23-14-6-4-3-5-13(14)20)17(24-19(27)22-10)12-9-11(21)7-8-15(12)26-2/h3-9,17H,1-2H3,(H,23,25)(H2,22,24,27). The predicted octanol–water partition coefficient (Wildman–Crippen LogP) is 4.38. The third-order valence-corrected chi connectivity index (χ3v) is 5.36. The molecule has 1 amide bonds. The lowest BCUT2D eigenvalue weighted by Gasteiger charge is -2.31. The third kappa shape index (κ3) is 4.36. The number of benzene rings is 2. The smallest absolute Gasteiger partial charge is 0.255 e. The zero-order valence-electron chi connectivity index (χ0n) is 14.6. The molecule has 3 N–H and O–H groups in total. The van der Waals surface area contributed by atoms with Crippen molar-refractivity contribution < 1.29 is 9.53 Å². The van der Waals surface area contributed by atoms with Crippen LogP contribution in [-0.2, 0) is 4.79 Å². The van der Waals surface area contributed by atoms with E-state index in [9.17, 15) is 4.79 Å². The maximum atomic E-state index is 13.1. The fraction of sp³-hybridized carbons (Fsp3) is 0.158.